The van der Waals surface area contributed by atoms with Crippen molar-refractivity contribution in [3.63, 3.8) is 0 Å². The minimum Gasteiger partial charge on any atom is -0.497 e. The van der Waals surface area contributed by atoms with Gasteiger partial charge in [-0.25, -0.2) is 4.79 Å². The van der Waals surface area contributed by atoms with Crippen LogP contribution in [0.25, 0.3) is 6.08 Å². The molecule has 32 heavy (non-hydrogen) atoms. The van der Waals surface area contributed by atoms with Crippen molar-refractivity contribution in [2.75, 3.05) is 7.11 Å². The molecular formula is C27H24O5. The van der Waals surface area contributed by atoms with Crippen molar-refractivity contribution in [1.29, 1.82) is 0 Å². The Kier molecular flexibility index (Phi) is 5.57. The van der Waals surface area contributed by atoms with Crippen LogP contribution in [0.3, 0.4) is 0 Å². The monoisotopic (exact) mass is 428 g/mol. The lowest BCUT2D eigenvalue weighted by Crippen LogP contribution is -2.10. The minimum atomic E-state index is -0.525. The smallest absolute Gasteiger partial charge is 0.343 e. The molecule has 0 N–H and O–H groups in total. The Morgan fingerprint density at radius 1 is 0.938 bits per heavy atom. The SMILES string of the molecule is COc1cccc(C(=O)Oc2ccc3c(c2)O/C(=C\c2ccc(C(C)(C)C)cc2)C3=O)c1. The number of benzene rings is 3. The fourth-order valence-corrected chi connectivity index (χ4v) is 3.38. The summed E-state index contributed by atoms with van der Waals surface area (Å²) >= 11 is 0. The number of hydrogen-bond acceptors (Lipinski definition) is 5. The number of fused-ring (bicyclic) bond motifs is 1. The number of carbonyl (C=O) groups is 2. The van der Waals surface area contributed by atoms with Crippen LogP contribution < -0.4 is 14.2 Å². The van der Waals surface area contributed by atoms with Gasteiger partial charge in [0.15, 0.2) is 5.76 Å². The average molecular weight is 428 g/mol. The van der Waals surface area contributed by atoms with Gasteiger partial charge in [-0.2, -0.15) is 0 Å². The lowest BCUT2D eigenvalue weighted by molar-refractivity contribution is 0.0734. The molecule has 0 radical (unpaired) electrons. The van der Waals surface area contributed by atoms with Gasteiger partial charge in [-0.15, -0.1) is 0 Å². The zero-order chi connectivity index (χ0) is 22.9. The van der Waals surface area contributed by atoms with Crippen LogP contribution in [0.2, 0.25) is 0 Å². The Morgan fingerprint density at radius 3 is 2.38 bits per heavy atom. The van der Waals surface area contributed by atoms with Gasteiger partial charge in [0.2, 0.25) is 5.78 Å². The molecule has 0 saturated heterocycles. The molecule has 0 unspecified atom stereocenters. The van der Waals surface area contributed by atoms with Gasteiger partial charge in [-0.3, -0.25) is 4.79 Å². The first-order valence-electron chi connectivity index (χ1n) is 10.3. The van der Waals surface area contributed by atoms with Crippen LogP contribution in [0.4, 0.5) is 0 Å². The predicted octanol–water partition coefficient (Wildman–Crippen LogP) is 5.83. The molecular weight excluding hydrogens is 404 g/mol. The number of allylic oxidation sites excluding steroid dienone is 1. The van der Waals surface area contributed by atoms with Crippen LogP contribution >= 0.6 is 0 Å². The number of ether oxygens (including phenoxy) is 3. The quantitative estimate of drug-likeness (QED) is 0.297. The zero-order valence-electron chi connectivity index (χ0n) is 18.5. The van der Waals surface area contributed by atoms with Crippen molar-refractivity contribution < 1.29 is 23.8 Å². The fraction of sp³-hybridized carbons (Fsp3) is 0.185. The van der Waals surface area contributed by atoms with E-state index < -0.39 is 5.97 Å². The standard InChI is InChI=1S/C27H24O5/c1-27(2,3)19-10-8-17(9-11-19)14-24-25(28)22-13-12-21(16-23(22)32-24)31-26(29)18-6-5-7-20(15-18)30-4/h5-16H,1-4H3/b24-14-. The third kappa shape index (κ3) is 4.42. The number of methoxy groups -OCH3 is 1. The van der Waals surface area contributed by atoms with E-state index in [1.165, 1.54) is 12.7 Å². The Morgan fingerprint density at radius 2 is 1.69 bits per heavy atom. The van der Waals surface area contributed by atoms with Gasteiger partial charge in [-0.05, 0) is 52.9 Å². The second-order valence-electron chi connectivity index (χ2n) is 8.59. The molecule has 0 atom stereocenters. The molecule has 0 aliphatic carbocycles. The maximum atomic E-state index is 12.7. The van der Waals surface area contributed by atoms with E-state index in [4.69, 9.17) is 14.2 Å². The third-order valence-electron chi connectivity index (χ3n) is 5.23. The first-order chi connectivity index (χ1) is 15.2. The molecule has 1 aliphatic rings. The topological polar surface area (TPSA) is 61.8 Å². The second-order valence-corrected chi connectivity index (χ2v) is 8.59. The molecule has 0 bridgehead atoms. The lowest BCUT2D eigenvalue weighted by atomic mass is 9.86. The molecule has 0 amide bonds. The number of hydrogen-bond donors (Lipinski definition) is 0. The van der Waals surface area contributed by atoms with Crippen LogP contribution in [0.15, 0.2) is 72.5 Å². The molecule has 0 spiro atoms. The second kappa shape index (κ2) is 8.35. The van der Waals surface area contributed by atoms with Gasteiger partial charge >= 0.3 is 5.97 Å². The highest BCUT2D eigenvalue weighted by atomic mass is 16.5. The van der Waals surface area contributed by atoms with E-state index in [2.05, 4.69) is 32.9 Å². The van der Waals surface area contributed by atoms with Crippen LogP contribution in [0.1, 0.15) is 52.6 Å². The Balaban J connectivity index is 1.52. The van der Waals surface area contributed by atoms with Crippen molar-refractivity contribution >= 4 is 17.8 Å². The molecule has 3 aromatic rings. The summed E-state index contributed by atoms with van der Waals surface area (Å²) in [7, 11) is 1.53. The van der Waals surface area contributed by atoms with E-state index in [1.54, 1.807) is 48.5 Å². The molecule has 5 nitrogen and oxygen atoms in total. The molecule has 1 heterocycles. The summed E-state index contributed by atoms with van der Waals surface area (Å²) < 4.78 is 16.4. The van der Waals surface area contributed by atoms with E-state index in [0.717, 1.165) is 5.56 Å². The lowest BCUT2D eigenvalue weighted by Gasteiger charge is -2.18. The molecule has 0 fully saturated rings. The number of ketones is 1. The van der Waals surface area contributed by atoms with E-state index in [1.807, 2.05) is 12.1 Å². The highest BCUT2D eigenvalue weighted by Gasteiger charge is 2.28. The average Bonchev–Trinajstić information content (AvgIpc) is 3.08. The van der Waals surface area contributed by atoms with Crippen molar-refractivity contribution in [3.8, 4) is 17.2 Å². The molecule has 1 aliphatic heterocycles. The van der Waals surface area contributed by atoms with Gasteiger partial charge in [0.1, 0.15) is 17.2 Å². The summed E-state index contributed by atoms with van der Waals surface area (Å²) in [4.78, 5) is 25.2. The van der Waals surface area contributed by atoms with Crippen LogP contribution in [0, 0.1) is 0 Å². The predicted molar refractivity (Wildman–Crippen MR) is 122 cm³/mol. The molecule has 5 heteroatoms. The van der Waals surface area contributed by atoms with Crippen molar-refractivity contribution in [2.24, 2.45) is 0 Å². The molecule has 162 valence electrons. The highest BCUT2D eigenvalue weighted by Crippen LogP contribution is 2.35. The third-order valence-corrected chi connectivity index (χ3v) is 5.23. The van der Waals surface area contributed by atoms with Crippen LogP contribution in [-0.2, 0) is 5.41 Å². The maximum absolute atomic E-state index is 12.7. The highest BCUT2D eigenvalue weighted by molar-refractivity contribution is 6.14. The molecule has 4 rings (SSSR count). The van der Waals surface area contributed by atoms with E-state index in [-0.39, 0.29) is 17.0 Å². The summed E-state index contributed by atoms with van der Waals surface area (Å²) in [6.45, 7) is 6.46. The molecule has 0 saturated carbocycles. The first kappa shape index (κ1) is 21.4. The number of Topliss-reactive ketones (excluding diaryl/α,β-unsaturated/α-hetero) is 1. The van der Waals surface area contributed by atoms with E-state index >= 15 is 0 Å². The van der Waals surface area contributed by atoms with Crippen molar-refractivity contribution in [2.45, 2.75) is 26.2 Å². The summed E-state index contributed by atoms with van der Waals surface area (Å²) in [5.41, 5.74) is 2.94. The van der Waals surface area contributed by atoms with Crippen LogP contribution in [0.5, 0.6) is 17.2 Å². The van der Waals surface area contributed by atoms with Crippen molar-refractivity contribution in [1.82, 2.24) is 0 Å². The van der Waals surface area contributed by atoms with Crippen LogP contribution in [-0.4, -0.2) is 18.9 Å². The molecule has 3 aromatic carbocycles. The number of esters is 1. The Labute approximate surface area is 187 Å². The van der Waals surface area contributed by atoms with Gasteiger partial charge in [-0.1, -0.05) is 51.1 Å². The van der Waals surface area contributed by atoms with Crippen molar-refractivity contribution in [3.05, 3.63) is 94.7 Å². The van der Waals surface area contributed by atoms with E-state index in [9.17, 15) is 9.59 Å². The van der Waals surface area contributed by atoms with Gasteiger partial charge < -0.3 is 14.2 Å². The maximum Gasteiger partial charge on any atom is 0.343 e. The van der Waals surface area contributed by atoms with Gasteiger partial charge in [0.05, 0.1) is 18.2 Å². The van der Waals surface area contributed by atoms with Gasteiger partial charge in [0.25, 0.3) is 0 Å². The summed E-state index contributed by atoms with van der Waals surface area (Å²) in [6.07, 6.45) is 1.72. The minimum absolute atomic E-state index is 0.0559. The first-order valence-corrected chi connectivity index (χ1v) is 10.3. The largest absolute Gasteiger partial charge is 0.497 e. The molecule has 0 aromatic heterocycles. The fourth-order valence-electron chi connectivity index (χ4n) is 3.38. The Bertz CT molecular complexity index is 1210. The number of rotatable bonds is 4. The zero-order valence-corrected chi connectivity index (χ0v) is 18.5. The summed E-state index contributed by atoms with van der Waals surface area (Å²) in [6, 6.07) is 19.5. The van der Waals surface area contributed by atoms with Gasteiger partial charge in [0, 0.05) is 6.07 Å². The van der Waals surface area contributed by atoms with E-state index in [0.29, 0.717) is 28.4 Å². The Hall–Kier alpha value is -3.86. The number of carbonyl (C=O) groups excluding carboxylic acids is 2. The normalized spacial score (nSPS) is 14.1. The summed E-state index contributed by atoms with van der Waals surface area (Å²) in [5.74, 6) is 0.726. The summed E-state index contributed by atoms with van der Waals surface area (Å²) in [5, 5.41) is 0.